The molecule has 0 spiro atoms. The van der Waals surface area contributed by atoms with E-state index in [-0.39, 0.29) is 44.0 Å². The fourth-order valence-electron chi connectivity index (χ4n) is 6.72. The van der Waals surface area contributed by atoms with Gasteiger partial charge < -0.3 is 28.8 Å². The molecule has 0 bridgehead atoms. The first-order valence-electron chi connectivity index (χ1n) is 13.1. The van der Waals surface area contributed by atoms with Crippen LogP contribution in [0.3, 0.4) is 0 Å². The summed E-state index contributed by atoms with van der Waals surface area (Å²) in [5.74, 6) is -0.231. The number of rotatable bonds is 14. The summed E-state index contributed by atoms with van der Waals surface area (Å²) in [5.41, 5.74) is -2.14. The van der Waals surface area contributed by atoms with Gasteiger partial charge in [-0.05, 0) is 55.6 Å². The lowest BCUT2D eigenvalue weighted by Crippen LogP contribution is -2.69. The van der Waals surface area contributed by atoms with Crippen molar-refractivity contribution in [2.24, 2.45) is 17.3 Å². The number of allylic oxidation sites excluding steroid dienone is 1. The number of Topliss-reactive ketones (excluding diaryl/α,β-unsaturated/α-hetero) is 1. The van der Waals surface area contributed by atoms with Gasteiger partial charge >= 0.3 is 0 Å². The minimum atomic E-state index is -1.55. The van der Waals surface area contributed by atoms with Crippen molar-refractivity contribution < 1.29 is 33.6 Å². The van der Waals surface area contributed by atoms with E-state index in [1.165, 1.54) is 0 Å². The predicted molar refractivity (Wildman–Crippen MR) is 128 cm³/mol. The quantitative estimate of drug-likeness (QED) is 0.224. The van der Waals surface area contributed by atoms with Crippen LogP contribution in [0.1, 0.15) is 86.0 Å². The molecule has 6 atom stereocenters. The van der Waals surface area contributed by atoms with Crippen molar-refractivity contribution in [1.29, 1.82) is 0 Å². The molecule has 0 aliphatic heterocycles. The Hall–Kier alpha value is -1.12. The zero-order chi connectivity index (χ0) is 25.0. The van der Waals surface area contributed by atoms with E-state index in [4.69, 9.17) is 18.9 Å². The Balaban J connectivity index is 2.03. The van der Waals surface area contributed by atoms with Crippen molar-refractivity contribution in [2.75, 3.05) is 26.8 Å². The van der Waals surface area contributed by atoms with Crippen LogP contribution >= 0.6 is 0 Å². The van der Waals surface area contributed by atoms with Crippen LogP contribution in [0.2, 0.25) is 0 Å². The number of carbonyl (C=O) groups is 2. The van der Waals surface area contributed by atoms with Crippen LogP contribution in [0.5, 0.6) is 0 Å². The highest BCUT2D eigenvalue weighted by Gasteiger charge is 2.78. The number of hydrogen-bond acceptors (Lipinski definition) is 7. The Morgan fingerprint density at radius 3 is 2.38 bits per heavy atom. The maximum absolute atomic E-state index is 12.9. The average molecular weight is 481 g/mol. The van der Waals surface area contributed by atoms with Gasteiger partial charge in [-0.25, -0.2) is 0 Å². The topological polar surface area (TPSA) is 91.3 Å². The highest BCUT2D eigenvalue weighted by atomic mass is 16.7. The van der Waals surface area contributed by atoms with E-state index in [1.807, 2.05) is 6.92 Å². The molecule has 0 amide bonds. The Morgan fingerprint density at radius 1 is 1.12 bits per heavy atom. The second-order valence-corrected chi connectivity index (χ2v) is 10.6. The van der Waals surface area contributed by atoms with E-state index in [0.29, 0.717) is 30.8 Å². The normalized spacial score (nSPS) is 37.2. The largest absolute Gasteiger partial charge is 0.380 e. The number of aliphatic hydroxyl groups is 1. The molecule has 3 aliphatic rings. The smallest absolute Gasteiger partial charge is 0.159 e. The first-order valence-corrected chi connectivity index (χ1v) is 13.1. The van der Waals surface area contributed by atoms with Crippen LogP contribution in [-0.2, 0) is 28.5 Å². The summed E-state index contributed by atoms with van der Waals surface area (Å²) in [6.45, 7) is 11.3. The lowest BCUT2D eigenvalue weighted by atomic mass is 9.58. The third-order valence-electron chi connectivity index (χ3n) is 8.67. The number of ketones is 1. The molecule has 0 aromatic heterocycles. The summed E-state index contributed by atoms with van der Waals surface area (Å²) in [4.78, 5) is 24.8. The molecule has 0 saturated heterocycles. The number of fused-ring (bicyclic) bond motifs is 3. The molecule has 2 saturated carbocycles. The first kappa shape index (κ1) is 27.5. The minimum absolute atomic E-state index is 0.0211. The first-order chi connectivity index (χ1) is 16.2. The summed E-state index contributed by atoms with van der Waals surface area (Å²) >= 11 is 0. The summed E-state index contributed by atoms with van der Waals surface area (Å²) in [5, 5.41) is 12.7. The van der Waals surface area contributed by atoms with Crippen molar-refractivity contribution in [3.63, 3.8) is 0 Å². The molecule has 7 nitrogen and oxygen atoms in total. The number of ether oxygens (including phenoxy) is 4. The second-order valence-electron chi connectivity index (χ2n) is 10.6. The van der Waals surface area contributed by atoms with Crippen molar-refractivity contribution >= 4 is 12.1 Å². The molecule has 6 unspecified atom stereocenters. The standard InChI is InChI=1S/C27H44O7/c1-6-8-14-31-17-33-24-19(3)10-11-26(34-18-32-15-9-7-2)25(5,12-13-28)21-16-22(29)20(4)23(21)27(24,26)30/h13,19,21,24,30H,6-12,14-18H2,1-5H3. The van der Waals surface area contributed by atoms with Gasteiger partial charge in [-0.2, -0.15) is 0 Å². The summed E-state index contributed by atoms with van der Waals surface area (Å²) in [7, 11) is 0. The van der Waals surface area contributed by atoms with Gasteiger partial charge in [0.2, 0.25) is 0 Å². The molecule has 1 N–H and O–H groups in total. The van der Waals surface area contributed by atoms with Crippen LogP contribution < -0.4 is 0 Å². The number of hydrogen-bond donors (Lipinski definition) is 1. The van der Waals surface area contributed by atoms with Gasteiger partial charge in [0, 0.05) is 31.5 Å². The van der Waals surface area contributed by atoms with Gasteiger partial charge in [0.1, 0.15) is 31.1 Å². The van der Waals surface area contributed by atoms with E-state index in [9.17, 15) is 14.7 Å². The van der Waals surface area contributed by atoms with Crippen LogP contribution in [0.4, 0.5) is 0 Å². The van der Waals surface area contributed by atoms with Crippen molar-refractivity contribution in [3.8, 4) is 0 Å². The Labute approximate surface area is 204 Å². The number of carbonyl (C=O) groups excluding carboxylic acids is 2. The Bertz CT molecular complexity index is 764. The highest BCUT2D eigenvalue weighted by molar-refractivity contribution is 6.00. The van der Waals surface area contributed by atoms with Crippen molar-refractivity contribution in [1.82, 2.24) is 0 Å². The molecule has 0 heterocycles. The zero-order valence-corrected chi connectivity index (χ0v) is 21.7. The molecule has 34 heavy (non-hydrogen) atoms. The lowest BCUT2D eigenvalue weighted by Gasteiger charge is -2.57. The van der Waals surface area contributed by atoms with Crippen LogP contribution in [0.15, 0.2) is 11.1 Å². The molecule has 2 fully saturated rings. The molecule has 0 aromatic carbocycles. The number of aldehydes is 1. The van der Waals surface area contributed by atoms with Gasteiger partial charge in [0.15, 0.2) is 5.78 Å². The van der Waals surface area contributed by atoms with E-state index >= 15 is 0 Å². The van der Waals surface area contributed by atoms with Gasteiger partial charge in [-0.15, -0.1) is 0 Å². The van der Waals surface area contributed by atoms with Crippen molar-refractivity contribution in [3.05, 3.63) is 11.1 Å². The molecule has 0 aromatic rings. The maximum Gasteiger partial charge on any atom is 0.159 e. The fraction of sp³-hybridized carbons (Fsp3) is 0.852. The third kappa shape index (κ3) is 4.32. The Kier molecular flexibility index (Phi) is 9.12. The summed E-state index contributed by atoms with van der Waals surface area (Å²) in [6, 6.07) is 0. The van der Waals surface area contributed by atoms with Crippen LogP contribution in [-0.4, -0.2) is 61.3 Å². The van der Waals surface area contributed by atoms with E-state index < -0.39 is 22.7 Å². The van der Waals surface area contributed by atoms with Crippen LogP contribution in [0.25, 0.3) is 0 Å². The van der Waals surface area contributed by atoms with E-state index in [0.717, 1.165) is 38.4 Å². The highest BCUT2D eigenvalue weighted by Crippen LogP contribution is 2.70. The minimum Gasteiger partial charge on any atom is -0.380 e. The van der Waals surface area contributed by atoms with Gasteiger partial charge in [-0.1, -0.05) is 40.5 Å². The molecule has 3 aliphatic carbocycles. The Morgan fingerprint density at radius 2 is 1.76 bits per heavy atom. The van der Waals surface area contributed by atoms with E-state index in [1.54, 1.807) is 6.92 Å². The summed E-state index contributed by atoms with van der Waals surface area (Å²) < 4.78 is 24.3. The SMILES string of the molecule is CCCCOCOC1C(C)CCC2(OCOCCCC)C(C)(CC=O)C3CC(=O)C(C)=C3C12O. The summed E-state index contributed by atoms with van der Waals surface area (Å²) in [6.07, 6.45) is 5.97. The monoisotopic (exact) mass is 480 g/mol. The average Bonchev–Trinajstić information content (AvgIpc) is 3.19. The molecule has 0 radical (unpaired) electrons. The molecular weight excluding hydrogens is 436 g/mol. The molecule has 194 valence electrons. The lowest BCUT2D eigenvalue weighted by molar-refractivity contribution is -0.300. The van der Waals surface area contributed by atoms with Crippen molar-refractivity contribution in [2.45, 2.75) is 103 Å². The van der Waals surface area contributed by atoms with Crippen LogP contribution in [0, 0.1) is 17.3 Å². The molecule has 3 rings (SSSR count). The fourth-order valence-corrected chi connectivity index (χ4v) is 6.72. The van der Waals surface area contributed by atoms with Gasteiger partial charge in [0.25, 0.3) is 0 Å². The predicted octanol–water partition coefficient (Wildman–Crippen LogP) is 4.35. The van der Waals surface area contributed by atoms with Gasteiger partial charge in [0.05, 0.1) is 6.10 Å². The zero-order valence-electron chi connectivity index (χ0n) is 21.7. The molecular formula is C27H44O7. The van der Waals surface area contributed by atoms with E-state index in [2.05, 4.69) is 20.8 Å². The molecule has 7 heteroatoms. The number of unbranched alkanes of at least 4 members (excludes halogenated alkanes) is 2. The maximum atomic E-state index is 12.9. The third-order valence-corrected chi connectivity index (χ3v) is 8.67. The second kappa shape index (κ2) is 11.3. The van der Waals surface area contributed by atoms with Gasteiger partial charge in [-0.3, -0.25) is 4.79 Å².